The molecule has 0 atom stereocenters. The Labute approximate surface area is 132 Å². The van der Waals surface area contributed by atoms with Crippen molar-refractivity contribution in [2.45, 2.75) is 0 Å². The maximum atomic E-state index is 5.34. The summed E-state index contributed by atoms with van der Waals surface area (Å²) in [5, 5.41) is 0. The highest BCUT2D eigenvalue weighted by molar-refractivity contribution is 5.85. The molecule has 0 amide bonds. The van der Waals surface area contributed by atoms with Crippen LogP contribution in [-0.2, 0) is 4.74 Å². The third kappa shape index (κ3) is 4.50. The number of morpholine rings is 1. The van der Waals surface area contributed by atoms with E-state index in [1.807, 2.05) is 38.0 Å². The molecule has 1 saturated heterocycles. The van der Waals surface area contributed by atoms with E-state index < -0.39 is 0 Å². The lowest BCUT2D eigenvalue weighted by Gasteiger charge is -2.28. The first kappa shape index (κ1) is 18.9. The predicted octanol–water partition coefficient (Wildman–Crippen LogP) is 0.684. The first-order valence-corrected chi connectivity index (χ1v) is 6.01. The minimum atomic E-state index is 0. The maximum Gasteiger partial charge on any atom is 0.232 e. The van der Waals surface area contributed by atoms with Crippen LogP contribution in [0.15, 0.2) is 0 Å². The van der Waals surface area contributed by atoms with E-state index in [9.17, 15) is 0 Å². The van der Waals surface area contributed by atoms with Gasteiger partial charge in [0.25, 0.3) is 0 Å². The summed E-state index contributed by atoms with van der Waals surface area (Å²) in [4.78, 5) is 19.3. The zero-order valence-electron chi connectivity index (χ0n) is 12.2. The molecule has 0 aromatic carbocycles. The van der Waals surface area contributed by atoms with Crippen molar-refractivity contribution in [2.75, 3.05) is 69.2 Å². The largest absolute Gasteiger partial charge is 0.378 e. The molecule has 0 spiro atoms. The monoisotopic (exact) mass is 324 g/mol. The molecule has 1 aliphatic heterocycles. The van der Waals surface area contributed by atoms with E-state index in [2.05, 4.69) is 19.9 Å². The first-order chi connectivity index (χ1) is 8.58. The molecule has 7 nitrogen and oxygen atoms in total. The fourth-order valence-corrected chi connectivity index (χ4v) is 1.65. The highest BCUT2D eigenvalue weighted by Crippen LogP contribution is 2.17. The number of rotatable bonds is 3. The van der Waals surface area contributed by atoms with Gasteiger partial charge in [0.05, 0.1) is 13.2 Å². The van der Waals surface area contributed by atoms with Gasteiger partial charge in [0.2, 0.25) is 17.8 Å². The van der Waals surface area contributed by atoms with E-state index in [0.29, 0.717) is 11.9 Å². The summed E-state index contributed by atoms with van der Waals surface area (Å²) in [5.74, 6) is 2.08. The standard InChI is InChI=1S/C11H20N6O.2ClH/c1-15(2)9-12-10(16(3)4)14-11(13-9)17-5-7-18-8-6-17;;/h5-8H2,1-4H3;2*1H. The molecule has 0 radical (unpaired) electrons. The molecule has 1 aromatic rings. The highest BCUT2D eigenvalue weighted by Gasteiger charge is 2.17. The van der Waals surface area contributed by atoms with E-state index in [4.69, 9.17) is 4.74 Å². The van der Waals surface area contributed by atoms with Crippen molar-refractivity contribution < 1.29 is 4.74 Å². The molecule has 1 aromatic heterocycles. The Kier molecular flexibility index (Phi) is 7.85. The van der Waals surface area contributed by atoms with E-state index in [0.717, 1.165) is 32.3 Å². The van der Waals surface area contributed by atoms with Gasteiger partial charge >= 0.3 is 0 Å². The summed E-state index contributed by atoms with van der Waals surface area (Å²) in [6, 6.07) is 0. The van der Waals surface area contributed by atoms with Gasteiger partial charge in [-0.2, -0.15) is 15.0 Å². The van der Waals surface area contributed by atoms with Gasteiger partial charge in [-0.25, -0.2) is 0 Å². The summed E-state index contributed by atoms with van der Waals surface area (Å²) < 4.78 is 5.34. The normalized spacial score (nSPS) is 14.1. The first-order valence-electron chi connectivity index (χ1n) is 6.01. The van der Waals surface area contributed by atoms with Crippen LogP contribution in [0.25, 0.3) is 0 Å². The van der Waals surface area contributed by atoms with Gasteiger partial charge in [0.15, 0.2) is 0 Å². The molecule has 0 saturated carbocycles. The lowest BCUT2D eigenvalue weighted by atomic mass is 10.4. The number of hydrogen-bond donors (Lipinski definition) is 0. The van der Waals surface area contributed by atoms with E-state index >= 15 is 0 Å². The van der Waals surface area contributed by atoms with Crippen molar-refractivity contribution >= 4 is 42.7 Å². The number of aromatic nitrogens is 3. The summed E-state index contributed by atoms with van der Waals surface area (Å²) >= 11 is 0. The SMILES string of the molecule is CN(C)c1nc(N(C)C)nc(N2CCOCC2)n1.Cl.Cl. The van der Waals surface area contributed by atoms with Gasteiger partial charge in [-0.3, -0.25) is 0 Å². The van der Waals surface area contributed by atoms with Crippen LogP contribution in [0.3, 0.4) is 0 Å². The van der Waals surface area contributed by atoms with Gasteiger partial charge in [0.1, 0.15) is 0 Å². The molecule has 1 aliphatic rings. The van der Waals surface area contributed by atoms with Crippen LogP contribution in [0.5, 0.6) is 0 Å². The predicted molar refractivity (Wildman–Crippen MR) is 86.0 cm³/mol. The minimum Gasteiger partial charge on any atom is -0.378 e. The molecular formula is C11H22Cl2N6O. The lowest BCUT2D eigenvalue weighted by molar-refractivity contribution is 0.122. The van der Waals surface area contributed by atoms with Crippen molar-refractivity contribution in [1.82, 2.24) is 15.0 Å². The molecule has 0 aliphatic carbocycles. The Bertz CT molecular complexity index is 386. The summed E-state index contributed by atoms with van der Waals surface area (Å²) in [5.41, 5.74) is 0. The van der Waals surface area contributed by atoms with Crippen LogP contribution < -0.4 is 14.7 Å². The second kappa shape index (κ2) is 8.28. The number of nitrogens with zero attached hydrogens (tertiary/aromatic N) is 6. The van der Waals surface area contributed by atoms with Gasteiger partial charge in [0, 0.05) is 41.3 Å². The van der Waals surface area contributed by atoms with Crippen LogP contribution in [0, 0.1) is 0 Å². The van der Waals surface area contributed by atoms with Gasteiger partial charge < -0.3 is 19.4 Å². The molecular weight excluding hydrogens is 303 g/mol. The molecule has 0 unspecified atom stereocenters. The van der Waals surface area contributed by atoms with Crippen LogP contribution in [0.2, 0.25) is 0 Å². The third-order valence-corrected chi connectivity index (χ3v) is 2.69. The van der Waals surface area contributed by atoms with Gasteiger partial charge in [-0.05, 0) is 0 Å². The number of ether oxygens (including phenoxy) is 1. The fourth-order valence-electron chi connectivity index (χ4n) is 1.65. The van der Waals surface area contributed by atoms with Crippen LogP contribution >= 0.6 is 24.8 Å². The van der Waals surface area contributed by atoms with Crippen molar-refractivity contribution in [1.29, 1.82) is 0 Å². The van der Waals surface area contributed by atoms with Gasteiger partial charge in [-0.15, -0.1) is 24.8 Å². The topological polar surface area (TPSA) is 57.6 Å². The smallest absolute Gasteiger partial charge is 0.232 e. The average Bonchev–Trinajstić information content (AvgIpc) is 2.39. The quantitative estimate of drug-likeness (QED) is 0.810. The van der Waals surface area contributed by atoms with Crippen molar-refractivity contribution in [3.63, 3.8) is 0 Å². The summed E-state index contributed by atoms with van der Waals surface area (Å²) in [7, 11) is 7.71. The zero-order valence-corrected chi connectivity index (χ0v) is 13.9. The third-order valence-electron chi connectivity index (χ3n) is 2.69. The molecule has 2 heterocycles. The van der Waals surface area contributed by atoms with Gasteiger partial charge in [-0.1, -0.05) is 0 Å². The average molecular weight is 325 g/mol. The highest BCUT2D eigenvalue weighted by atomic mass is 35.5. The second-order valence-corrected chi connectivity index (χ2v) is 4.62. The van der Waals surface area contributed by atoms with Crippen LogP contribution in [0.1, 0.15) is 0 Å². The van der Waals surface area contributed by atoms with Crippen LogP contribution in [-0.4, -0.2) is 69.4 Å². The van der Waals surface area contributed by atoms with Crippen molar-refractivity contribution in [2.24, 2.45) is 0 Å². The maximum absolute atomic E-state index is 5.34. The van der Waals surface area contributed by atoms with Crippen molar-refractivity contribution in [3.05, 3.63) is 0 Å². The Morgan fingerprint density at radius 1 is 0.850 bits per heavy atom. The Morgan fingerprint density at radius 3 is 1.70 bits per heavy atom. The molecule has 0 N–H and O–H groups in total. The second-order valence-electron chi connectivity index (χ2n) is 4.62. The molecule has 9 heteroatoms. The fraction of sp³-hybridized carbons (Fsp3) is 0.727. The summed E-state index contributed by atoms with van der Waals surface area (Å²) in [6.07, 6.45) is 0. The lowest BCUT2D eigenvalue weighted by Crippen LogP contribution is -2.38. The number of anilines is 3. The molecule has 1 fully saturated rings. The zero-order chi connectivity index (χ0) is 13.1. The molecule has 116 valence electrons. The summed E-state index contributed by atoms with van der Waals surface area (Å²) in [6.45, 7) is 3.09. The molecule has 2 rings (SSSR count). The Hall–Kier alpha value is -1.05. The van der Waals surface area contributed by atoms with Crippen molar-refractivity contribution in [3.8, 4) is 0 Å². The van der Waals surface area contributed by atoms with E-state index in [1.54, 1.807) is 0 Å². The number of hydrogen-bond acceptors (Lipinski definition) is 7. The van der Waals surface area contributed by atoms with E-state index in [1.165, 1.54) is 0 Å². The number of halogens is 2. The van der Waals surface area contributed by atoms with E-state index in [-0.39, 0.29) is 24.8 Å². The molecule has 0 bridgehead atoms. The minimum absolute atomic E-state index is 0. The molecule has 20 heavy (non-hydrogen) atoms. The van der Waals surface area contributed by atoms with Crippen LogP contribution in [0.4, 0.5) is 17.8 Å². The Morgan fingerprint density at radius 2 is 1.30 bits per heavy atom. The Balaban J connectivity index is 0.00000180.